The zero-order valence-corrected chi connectivity index (χ0v) is 4.03. The molecule has 8 heavy (non-hydrogen) atoms. The third-order valence-electron chi connectivity index (χ3n) is 0.570. The SMILES string of the molecule is N#CC[C@H](O)C(=O)O. The molecule has 0 spiro atoms. The van der Waals surface area contributed by atoms with Crippen molar-refractivity contribution in [1.29, 1.82) is 5.26 Å². The summed E-state index contributed by atoms with van der Waals surface area (Å²) >= 11 is 0. The Kier molecular flexibility index (Phi) is 2.59. The molecule has 0 fully saturated rings. The number of carboxylic acid groups (broad SMARTS) is 1. The second kappa shape index (κ2) is 2.99. The van der Waals surface area contributed by atoms with Gasteiger partial charge in [0.25, 0.3) is 0 Å². The summed E-state index contributed by atoms with van der Waals surface area (Å²) in [5, 5.41) is 24.0. The van der Waals surface area contributed by atoms with E-state index in [1.165, 1.54) is 6.07 Å². The van der Waals surface area contributed by atoms with Crippen LogP contribution in [0.3, 0.4) is 0 Å². The van der Waals surface area contributed by atoms with Gasteiger partial charge in [0.05, 0.1) is 12.5 Å². The Hall–Kier alpha value is -1.08. The van der Waals surface area contributed by atoms with Crippen molar-refractivity contribution >= 4 is 5.97 Å². The molecule has 0 aliphatic rings. The van der Waals surface area contributed by atoms with Gasteiger partial charge in [-0.2, -0.15) is 5.26 Å². The molecule has 0 aliphatic carbocycles. The fourth-order valence-corrected chi connectivity index (χ4v) is 0.174. The van der Waals surface area contributed by atoms with E-state index in [-0.39, 0.29) is 6.42 Å². The molecule has 4 heteroatoms. The minimum atomic E-state index is -1.53. The lowest BCUT2D eigenvalue weighted by Gasteiger charge is -1.94. The van der Waals surface area contributed by atoms with Gasteiger partial charge in [-0.1, -0.05) is 0 Å². The van der Waals surface area contributed by atoms with Gasteiger partial charge in [0.2, 0.25) is 0 Å². The Morgan fingerprint density at radius 3 is 2.50 bits per heavy atom. The highest BCUT2D eigenvalue weighted by Gasteiger charge is 2.10. The average molecular weight is 115 g/mol. The smallest absolute Gasteiger partial charge is 0.333 e. The highest BCUT2D eigenvalue weighted by molar-refractivity contribution is 5.72. The Morgan fingerprint density at radius 2 is 2.38 bits per heavy atom. The van der Waals surface area contributed by atoms with E-state index in [2.05, 4.69) is 0 Å². The highest BCUT2D eigenvalue weighted by Crippen LogP contribution is 1.86. The summed E-state index contributed by atoms with van der Waals surface area (Å²) < 4.78 is 0. The van der Waals surface area contributed by atoms with Crippen LogP contribution in [0.5, 0.6) is 0 Å². The molecule has 0 aromatic carbocycles. The predicted molar refractivity (Wildman–Crippen MR) is 23.9 cm³/mol. The molecule has 0 aliphatic heterocycles. The van der Waals surface area contributed by atoms with Gasteiger partial charge in [-0.05, 0) is 0 Å². The molecule has 2 N–H and O–H groups in total. The van der Waals surface area contributed by atoms with Crippen molar-refractivity contribution in [3.63, 3.8) is 0 Å². The quantitative estimate of drug-likeness (QED) is 0.500. The number of aliphatic carboxylic acids is 1. The molecular weight excluding hydrogens is 110 g/mol. The molecule has 0 saturated carbocycles. The Morgan fingerprint density at radius 1 is 1.88 bits per heavy atom. The van der Waals surface area contributed by atoms with Gasteiger partial charge in [-0.25, -0.2) is 4.79 Å². The summed E-state index contributed by atoms with van der Waals surface area (Å²) in [6.07, 6.45) is -1.88. The number of hydrogen-bond donors (Lipinski definition) is 2. The molecule has 0 bridgehead atoms. The molecule has 44 valence electrons. The lowest BCUT2D eigenvalue weighted by atomic mass is 10.3. The standard InChI is InChI=1S/C4H5NO3/c5-2-1-3(6)4(7)8/h3,6H,1H2,(H,7,8)/t3-/m0/s1. The monoisotopic (exact) mass is 115 g/mol. The van der Waals surface area contributed by atoms with Crippen molar-refractivity contribution in [3.8, 4) is 6.07 Å². The van der Waals surface area contributed by atoms with Crippen LogP contribution in [-0.4, -0.2) is 22.3 Å². The number of nitriles is 1. The third-order valence-corrected chi connectivity index (χ3v) is 0.570. The minimum absolute atomic E-state index is 0.352. The number of nitrogens with zero attached hydrogens (tertiary/aromatic N) is 1. The summed E-state index contributed by atoms with van der Waals surface area (Å²) in [5.74, 6) is -1.36. The van der Waals surface area contributed by atoms with Gasteiger partial charge in [0.1, 0.15) is 0 Å². The summed E-state index contributed by atoms with van der Waals surface area (Å²) in [6, 6.07) is 1.52. The topological polar surface area (TPSA) is 81.3 Å². The number of aliphatic hydroxyl groups excluding tert-OH is 1. The largest absolute Gasteiger partial charge is 0.479 e. The van der Waals surface area contributed by atoms with Crippen LogP contribution in [0.1, 0.15) is 6.42 Å². The van der Waals surface area contributed by atoms with Gasteiger partial charge in [-0.3, -0.25) is 0 Å². The second-order valence-corrected chi connectivity index (χ2v) is 1.22. The zero-order valence-electron chi connectivity index (χ0n) is 4.03. The Labute approximate surface area is 46.0 Å². The number of carbonyl (C=O) groups is 1. The van der Waals surface area contributed by atoms with Crippen LogP contribution < -0.4 is 0 Å². The van der Waals surface area contributed by atoms with E-state index in [4.69, 9.17) is 15.5 Å². The molecule has 0 saturated heterocycles. The van der Waals surface area contributed by atoms with Crippen LogP contribution >= 0.6 is 0 Å². The maximum Gasteiger partial charge on any atom is 0.333 e. The van der Waals surface area contributed by atoms with Crippen LogP contribution in [0.2, 0.25) is 0 Å². The fourth-order valence-electron chi connectivity index (χ4n) is 0.174. The average Bonchev–Trinajstić information content (AvgIpc) is 1.67. The first-order chi connectivity index (χ1) is 3.68. The maximum atomic E-state index is 9.69. The summed E-state index contributed by atoms with van der Waals surface area (Å²) in [6.45, 7) is 0. The maximum absolute atomic E-state index is 9.69. The van der Waals surface area contributed by atoms with E-state index >= 15 is 0 Å². The minimum Gasteiger partial charge on any atom is -0.479 e. The number of hydrogen-bond acceptors (Lipinski definition) is 3. The first kappa shape index (κ1) is 6.92. The predicted octanol–water partition coefficient (Wildman–Crippen LogP) is -0.654. The molecule has 0 aromatic heterocycles. The number of carboxylic acids is 1. The molecule has 0 aromatic rings. The van der Waals surface area contributed by atoms with Crippen molar-refractivity contribution in [3.05, 3.63) is 0 Å². The first-order valence-corrected chi connectivity index (χ1v) is 1.96. The first-order valence-electron chi connectivity index (χ1n) is 1.96. The number of aliphatic hydroxyl groups is 1. The normalized spacial score (nSPS) is 12.0. The molecule has 0 amide bonds. The molecular formula is C4H5NO3. The van der Waals surface area contributed by atoms with Crippen LogP contribution in [0.25, 0.3) is 0 Å². The molecule has 0 radical (unpaired) electrons. The van der Waals surface area contributed by atoms with Crippen molar-refractivity contribution in [2.45, 2.75) is 12.5 Å². The van der Waals surface area contributed by atoms with Gasteiger partial charge >= 0.3 is 5.97 Å². The van der Waals surface area contributed by atoms with Crippen molar-refractivity contribution in [2.75, 3.05) is 0 Å². The van der Waals surface area contributed by atoms with E-state index in [0.717, 1.165) is 0 Å². The third kappa shape index (κ3) is 2.16. The molecule has 4 nitrogen and oxygen atoms in total. The summed E-state index contributed by atoms with van der Waals surface area (Å²) in [7, 11) is 0. The van der Waals surface area contributed by atoms with Crippen LogP contribution in [0.15, 0.2) is 0 Å². The Balaban J connectivity index is 3.52. The Bertz CT molecular complexity index is 126. The van der Waals surface area contributed by atoms with E-state index in [0.29, 0.717) is 0 Å². The van der Waals surface area contributed by atoms with Gasteiger partial charge < -0.3 is 10.2 Å². The molecule has 0 unspecified atom stereocenters. The van der Waals surface area contributed by atoms with Gasteiger partial charge in [-0.15, -0.1) is 0 Å². The summed E-state index contributed by atoms with van der Waals surface area (Å²) in [5.41, 5.74) is 0. The van der Waals surface area contributed by atoms with E-state index in [1.807, 2.05) is 0 Å². The molecule has 1 atom stereocenters. The number of rotatable bonds is 2. The highest BCUT2D eigenvalue weighted by atomic mass is 16.4. The van der Waals surface area contributed by atoms with E-state index < -0.39 is 12.1 Å². The van der Waals surface area contributed by atoms with Crippen molar-refractivity contribution in [2.24, 2.45) is 0 Å². The fraction of sp³-hybridized carbons (Fsp3) is 0.500. The van der Waals surface area contributed by atoms with E-state index in [1.54, 1.807) is 0 Å². The van der Waals surface area contributed by atoms with Crippen LogP contribution in [0.4, 0.5) is 0 Å². The zero-order chi connectivity index (χ0) is 6.57. The van der Waals surface area contributed by atoms with E-state index in [9.17, 15) is 4.79 Å². The van der Waals surface area contributed by atoms with Crippen molar-refractivity contribution in [1.82, 2.24) is 0 Å². The van der Waals surface area contributed by atoms with Crippen LogP contribution in [0, 0.1) is 11.3 Å². The lowest BCUT2D eigenvalue weighted by molar-refractivity contribution is -0.146. The van der Waals surface area contributed by atoms with Gasteiger partial charge in [0, 0.05) is 0 Å². The molecule has 0 rings (SSSR count). The second-order valence-electron chi connectivity index (χ2n) is 1.22. The van der Waals surface area contributed by atoms with Gasteiger partial charge in [0.15, 0.2) is 6.10 Å². The van der Waals surface area contributed by atoms with Crippen molar-refractivity contribution < 1.29 is 15.0 Å². The molecule has 0 heterocycles. The summed E-state index contributed by atoms with van der Waals surface area (Å²) in [4.78, 5) is 9.69. The van der Waals surface area contributed by atoms with Crippen LogP contribution in [-0.2, 0) is 4.79 Å². The lowest BCUT2D eigenvalue weighted by Crippen LogP contribution is -2.17.